The Hall–Kier alpha value is -2.52. The normalized spacial score (nSPS) is 13.4. The molecular formula is C18H16Cl2N6OS. The third kappa shape index (κ3) is 3.59. The molecule has 3 aromatic rings. The predicted molar refractivity (Wildman–Crippen MR) is 112 cm³/mol. The zero-order valence-electron chi connectivity index (χ0n) is 14.7. The Balaban J connectivity index is 1.60. The first-order chi connectivity index (χ1) is 13.6. The maximum absolute atomic E-state index is 6.13. The molecule has 0 bridgehead atoms. The number of hydrogen-bond donors (Lipinski definition) is 3. The standard InChI is InChI=1S/C18H16Cl2N6OS/c1-27-13-5-2-11(3-6-13)10-25-17(22-23-24-25)14-9-21-26(18(14)28)12-4-7-15(19)16(20)8-12/h2-9,21,23-24H,10H2,1H3. The van der Waals surface area contributed by atoms with Crippen molar-refractivity contribution in [3.63, 3.8) is 0 Å². The van der Waals surface area contributed by atoms with Gasteiger partial charge in [0.1, 0.15) is 10.4 Å². The summed E-state index contributed by atoms with van der Waals surface area (Å²) in [6, 6.07) is 13.2. The van der Waals surface area contributed by atoms with Crippen LogP contribution in [-0.2, 0) is 6.54 Å². The number of amidine groups is 1. The van der Waals surface area contributed by atoms with Crippen molar-refractivity contribution in [2.24, 2.45) is 5.10 Å². The maximum atomic E-state index is 6.13. The summed E-state index contributed by atoms with van der Waals surface area (Å²) in [5.41, 5.74) is 8.44. The molecule has 3 N–H and O–H groups in total. The van der Waals surface area contributed by atoms with Gasteiger partial charge in [0.15, 0.2) is 5.84 Å². The summed E-state index contributed by atoms with van der Waals surface area (Å²) in [4.78, 5) is 0. The van der Waals surface area contributed by atoms with Crippen molar-refractivity contribution >= 4 is 41.3 Å². The number of H-pyrrole nitrogens is 1. The SMILES string of the molecule is COc1ccc(CN2NNN=C2c2c[nH]n(-c3ccc(Cl)c(Cl)c3)c2=S)cc1. The van der Waals surface area contributed by atoms with Gasteiger partial charge in [0.05, 0.1) is 35.0 Å². The lowest BCUT2D eigenvalue weighted by atomic mass is 10.2. The van der Waals surface area contributed by atoms with E-state index in [-0.39, 0.29) is 0 Å². The number of hydrazone groups is 1. The van der Waals surface area contributed by atoms with Gasteiger partial charge in [0.2, 0.25) is 0 Å². The van der Waals surface area contributed by atoms with Crippen LogP contribution in [0, 0.1) is 4.64 Å². The summed E-state index contributed by atoms with van der Waals surface area (Å²) in [5, 5.41) is 10.3. The molecule has 28 heavy (non-hydrogen) atoms. The van der Waals surface area contributed by atoms with E-state index in [1.54, 1.807) is 30.1 Å². The molecular weight excluding hydrogens is 419 g/mol. The van der Waals surface area contributed by atoms with Crippen molar-refractivity contribution in [2.45, 2.75) is 6.54 Å². The first kappa shape index (κ1) is 18.8. The van der Waals surface area contributed by atoms with Crippen LogP contribution >= 0.6 is 35.4 Å². The summed E-state index contributed by atoms with van der Waals surface area (Å²) in [7, 11) is 1.64. The van der Waals surface area contributed by atoms with Gasteiger partial charge in [-0.1, -0.05) is 47.6 Å². The lowest BCUT2D eigenvalue weighted by Crippen LogP contribution is -2.40. The second-order valence-corrected chi connectivity index (χ2v) is 7.22. The number of aromatic amines is 1. The molecule has 0 aliphatic carbocycles. The minimum Gasteiger partial charge on any atom is -0.497 e. The van der Waals surface area contributed by atoms with Crippen LogP contribution in [0.15, 0.2) is 53.8 Å². The molecule has 2 aromatic carbocycles. The van der Waals surface area contributed by atoms with E-state index in [0.717, 1.165) is 22.6 Å². The fourth-order valence-electron chi connectivity index (χ4n) is 2.83. The van der Waals surface area contributed by atoms with Crippen LogP contribution in [0.5, 0.6) is 5.75 Å². The number of rotatable bonds is 5. The van der Waals surface area contributed by atoms with Gasteiger partial charge in [-0.05, 0) is 35.9 Å². The molecule has 0 radical (unpaired) electrons. The number of ether oxygens (including phenoxy) is 1. The third-order valence-electron chi connectivity index (χ3n) is 4.28. The van der Waals surface area contributed by atoms with Crippen LogP contribution in [0.1, 0.15) is 11.1 Å². The molecule has 0 atom stereocenters. The van der Waals surface area contributed by atoms with E-state index in [4.69, 9.17) is 40.2 Å². The Morgan fingerprint density at radius 1 is 1.11 bits per heavy atom. The molecule has 10 heteroatoms. The lowest BCUT2D eigenvalue weighted by molar-refractivity contribution is 0.288. The fraction of sp³-hybridized carbons (Fsp3) is 0.111. The van der Waals surface area contributed by atoms with E-state index >= 15 is 0 Å². The number of hydrazine groups is 2. The van der Waals surface area contributed by atoms with E-state index in [0.29, 0.717) is 27.1 Å². The number of methoxy groups -OCH3 is 1. The van der Waals surface area contributed by atoms with Crippen molar-refractivity contribution in [3.05, 3.63) is 74.5 Å². The molecule has 7 nitrogen and oxygen atoms in total. The van der Waals surface area contributed by atoms with Gasteiger partial charge in [-0.25, -0.2) is 10.2 Å². The summed E-state index contributed by atoms with van der Waals surface area (Å²) >= 11 is 17.8. The average molecular weight is 435 g/mol. The smallest absolute Gasteiger partial charge is 0.177 e. The first-order valence-electron chi connectivity index (χ1n) is 8.32. The number of nitrogens with zero attached hydrogens (tertiary/aromatic N) is 3. The van der Waals surface area contributed by atoms with Crippen molar-refractivity contribution in [1.82, 2.24) is 25.9 Å². The molecule has 0 spiro atoms. The number of halogens is 2. The molecule has 144 valence electrons. The van der Waals surface area contributed by atoms with E-state index in [1.165, 1.54) is 0 Å². The lowest BCUT2D eigenvalue weighted by Gasteiger charge is -2.18. The van der Waals surface area contributed by atoms with Crippen molar-refractivity contribution in [1.29, 1.82) is 0 Å². The summed E-state index contributed by atoms with van der Waals surface area (Å²) in [6.45, 7) is 0.586. The topological polar surface area (TPSA) is 69.6 Å². The molecule has 0 saturated carbocycles. The van der Waals surface area contributed by atoms with Gasteiger partial charge < -0.3 is 4.74 Å². The molecule has 1 aliphatic heterocycles. The highest BCUT2D eigenvalue weighted by atomic mass is 35.5. The second-order valence-electron chi connectivity index (χ2n) is 6.02. The summed E-state index contributed by atoms with van der Waals surface area (Å²) in [6.07, 6.45) is 1.80. The average Bonchev–Trinajstić information content (AvgIpc) is 3.31. The number of nitrogens with one attached hydrogen (secondary N) is 3. The Morgan fingerprint density at radius 3 is 2.61 bits per heavy atom. The molecule has 1 aliphatic rings. The highest BCUT2D eigenvalue weighted by Gasteiger charge is 2.22. The van der Waals surface area contributed by atoms with E-state index in [2.05, 4.69) is 21.3 Å². The van der Waals surface area contributed by atoms with Gasteiger partial charge in [0, 0.05) is 6.20 Å². The molecule has 0 unspecified atom stereocenters. The summed E-state index contributed by atoms with van der Waals surface area (Å²) in [5.74, 6) is 1.49. The van der Waals surface area contributed by atoms with E-state index in [1.807, 2.05) is 35.3 Å². The highest BCUT2D eigenvalue weighted by Crippen LogP contribution is 2.25. The van der Waals surface area contributed by atoms with Crippen molar-refractivity contribution < 1.29 is 4.74 Å². The monoisotopic (exact) mass is 434 g/mol. The highest BCUT2D eigenvalue weighted by molar-refractivity contribution is 7.71. The second kappa shape index (κ2) is 7.84. The number of benzene rings is 2. The Bertz CT molecular complexity index is 1090. The van der Waals surface area contributed by atoms with Gasteiger partial charge in [-0.3, -0.25) is 10.1 Å². The minimum absolute atomic E-state index is 0.458. The predicted octanol–water partition coefficient (Wildman–Crippen LogP) is 4.04. The van der Waals surface area contributed by atoms with E-state index < -0.39 is 0 Å². The molecule has 1 aromatic heterocycles. The van der Waals surface area contributed by atoms with Crippen LogP contribution in [0.4, 0.5) is 0 Å². The van der Waals surface area contributed by atoms with E-state index in [9.17, 15) is 0 Å². The maximum Gasteiger partial charge on any atom is 0.177 e. The summed E-state index contributed by atoms with van der Waals surface area (Å²) < 4.78 is 7.52. The van der Waals surface area contributed by atoms with Crippen LogP contribution in [-0.4, -0.2) is 27.7 Å². The quantitative estimate of drug-likeness (QED) is 0.528. The Morgan fingerprint density at radius 2 is 1.89 bits per heavy atom. The Kier molecular flexibility index (Phi) is 5.27. The molecule has 0 fully saturated rings. The molecule has 2 heterocycles. The zero-order valence-corrected chi connectivity index (χ0v) is 17.1. The van der Waals surface area contributed by atoms with Crippen LogP contribution < -0.4 is 15.8 Å². The first-order valence-corrected chi connectivity index (χ1v) is 9.48. The number of aromatic nitrogens is 2. The minimum atomic E-state index is 0.458. The molecule has 0 saturated heterocycles. The van der Waals surface area contributed by atoms with Gasteiger partial charge >= 0.3 is 0 Å². The molecule has 0 amide bonds. The number of hydrogen-bond acceptors (Lipinski definition) is 6. The largest absolute Gasteiger partial charge is 0.497 e. The van der Waals surface area contributed by atoms with Crippen molar-refractivity contribution in [3.8, 4) is 11.4 Å². The van der Waals surface area contributed by atoms with Gasteiger partial charge in [0.25, 0.3) is 0 Å². The van der Waals surface area contributed by atoms with Gasteiger partial charge in [-0.2, -0.15) is 0 Å². The van der Waals surface area contributed by atoms with Crippen LogP contribution in [0.25, 0.3) is 5.69 Å². The van der Waals surface area contributed by atoms with Crippen molar-refractivity contribution in [2.75, 3.05) is 7.11 Å². The van der Waals surface area contributed by atoms with Crippen LogP contribution in [0.3, 0.4) is 0 Å². The fourth-order valence-corrected chi connectivity index (χ4v) is 3.43. The van der Waals surface area contributed by atoms with Crippen LogP contribution in [0.2, 0.25) is 10.0 Å². The third-order valence-corrected chi connectivity index (χ3v) is 5.42. The molecule has 4 rings (SSSR count). The zero-order chi connectivity index (χ0) is 19.7. The Labute approximate surface area is 176 Å². The van der Waals surface area contributed by atoms with Gasteiger partial charge in [-0.15, -0.1) is 10.6 Å².